The van der Waals surface area contributed by atoms with Gasteiger partial charge in [-0.15, -0.1) is 0 Å². The first-order valence-corrected chi connectivity index (χ1v) is 4.15. The summed E-state index contributed by atoms with van der Waals surface area (Å²) in [5.41, 5.74) is 1.02. The predicted octanol–water partition coefficient (Wildman–Crippen LogP) is 3.66. The Kier molecular flexibility index (Phi) is 2.81. The average molecular weight is 182 g/mol. The largest absolute Gasteiger partial charge is 0.291 e. The van der Waals surface area contributed by atoms with Crippen molar-refractivity contribution < 1.29 is 8.78 Å². The molecule has 0 aromatic heterocycles. The van der Waals surface area contributed by atoms with Gasteiger partial charge in [0.25, 0.3) is 5.92 Å². The van der Waals surface area contributed by atoms with Gasteiger partial charge in [-0.25, -0.2) is 0 Å². The molecule has 0 amide bonds. The van der Waals surface area contributed by atoms with Crippen LogP contribution in [0.25, 0.3) is 0 Å². The molecule has 0 fully saturated rings. The van der Waals surface area contributed by atoms with E-state index in [4.69, 9.17) is 0 Å². The summed E-state index contributed by atoms with van der Waals surface area (Å²) in [6.45, 7) is 3.46. The minimum Gasteiger partial charge on any atom is -0.197 e. The molecule has 0 unspecified atom stereocenters. The summed E-state index contributed by atoms with van der Waals surface area (Å²) in [4.78, 5) is 0. The zero-order valence-electron chi connectivity index (χ0n) is 7.72. The highest BCUT2D eigenvalue weighted by molar-refractivity contribution is 5.27. The van der Waals surface area contributed by atoms with Gasteiger partial charge in [-0.05, 0) is 19.9 Å². The molecule has 70 valence electrons. The molecule has 2 heteroatoms. The Bertz CT molecular complexity index is 296. The van der Waals surface area contributed by atoms with E-state index in [1.54, 1.807) is 19.1 Å². The third-order valence-corrected chi connectivity index (χ3v) is 1.81. The second-order valence-corrected chi connectivity index (χ2v) is 2.99. The molecule has 0 saturated carbocycles. The molecular formula is C11H12F2. The van der Waals surface area contributed by atoms with Gasteiger partial charge < -0.3 is 0 Å². The van der Waals surface area contributed by atoms with Gasteiger partial charge in [0, 0.05) is 5.56 Å². The molecule has 0 radical (unpaired) electrons. The van der Waals surface area contributed by atoms with E-state index in [1.165, 1.54) is 18.2 Å². The van der Waals surface area contributed by atoms with E-state index in [0.29, 0.717) is 0 Å². The fraction of sp³-hybridized carbons (Fsp3) is 0.273. The van der Waals surface area contributed by atoms with Gasteiger partial charge in [0.2, 0.25) is 0 Å². The molecule has 1 aromatic carbocycles. The summed E-state index contributed by atoms with van der Waals surface area (Å²) in [5, 5.41) is 0. The Labute approximate surface area is 76.9 Å². The van der Waals surface area contributed by atoms with Crippen molar-refractivity contribution in [2.75, 3.05) is 0 Å². The van der Waals surface area contributed by atoms with Gasteiger partial charge in [-0.3, -0.25) is 0 Å². The highest BCUT2D eigenvalue weighted by atomic mass is 19.3. The average Bonchev–Trinajstić information content (AvgIpc) is 2.05. The number of rotatable bonds is 2. The first-order valence-electron chi connectivity index (χ1n) is 4.15. The Morgan fingerprint density at radius 2 is 1.69 bits per heavy atom. The maximum absolute atomic E-state index is 13.2. The second-order valence-electron chi connectivity index (χ2n) is 2.99. The number of aryl methyl sites for hydroxylation is 1. The number of halogens is 2. The molecule has 0 aliphatic carbocycles. The normalized spacial score (nSPS) is 12.3. The highest BCUT2D eigenvalue weighted by Crippen LogP contribution is 2.29. The molecule has 0 saturated heterocycles. The fourth-order valence-corrected chi connectivity index (χ4v) is 1.08. The molecule has 0 atom stereocenters. The number of allylic oxidation sites excluding steroid dienone is 2. The van der Waals surface area contributed by atoms with Crippen LogP contribution in [-0.2, 0) is 5.92 Å². The van der Waals surface area contributed by atoms with Crippen LogP contribution >= 0.6 is 0 Å². The van der Waals surface area contributed by atoms with E-state index in [9.17, 15) is 8.78 Å². The van der Waals surface area contributed by atoms with Crippen LogP contribution < -0.4 is 0 Å². The summed E-state index contributed by atoms with van der Waals surface area (Å²) in [5.74, 6) is -2.84. The second kappa shape index (κ2) is 3.69. The number of hydrogen-bond donors (Lipinski definition) is 0. The molecule has 13 heavy (non-hydrogen) atoms. The maximum atomic E-state index is 13.2. The number of hydrogen-bond acceptors (Lipinski definition) is 0. The lowest BCUT2D eigenvalue weighted by Crippen LogP contribution is -2.08. The number of benzene rings is 1. The number of alkyl halides is 2. The van der Waals surface area contributed by atoms with Crippen molar-refractivity contribution in [1.29, 1.82) is 0 Å². The van der Waals surface area contributed by atoms with Crippen LogP contribution in [0.5, 0.6) is 0 Å². The SMILES string of the molecule is C/C=C/C(F)(F)c1ccc(C)cc1. The van der Waals surface area contributed by atoms with Gasteiger partial charge in [-0.1, -0.05) is 35.9 Å². The molecule has 0 nitrogen and oxygen atoms in total. The van der Waals surface area contributed by atoms with E-state index in [0.717, 1.165) is 11.6 Å². The molecule has 0 heterocycles. The van der Waals surface area contributed by atoms with E-state index in [1.807, 2.05) is 6.92 Å². The molecule has 0 bridgehead atoms. The monoisotopic (exact) mass is 182 g/mol. The summed E-state index contributed by atoms with van der Waals surface area (Å²) >= 11 is 0. The minimum atomic E-state index is -2.84. The van der Waals surface area contributed by atoms with Crippen LogP contribution in [0.1, 0.15) is 18.1 Å². The zero-order chi connectivity index (χ0) is 9.90. The van der Waals surface area contributed by atoms with Crippen LogP contribution in [0.15, 0.2) is 36.4 Å². The summed E-state index contributed by atoms with van der Waals surface area (Å²) < 4.78 is 26.4. The topological polar surface area (TPSA) is 0 Å². The molecule has 0 N–H and O–H groups in total. The van der Waals surface area contributed by atoms with Crippen LogP contribution in [0.4, 0.5) is 8.78 Å². The Morgan fingerprint density at radius 3 is 2.15 bits per heavy atom. The van der Waals surface area contributed by atoms with Crippen LogP contribution in [0, 0.1) is 6.92 Å². The Hall–Kier alpha value is -1.18. The van der Waals surface area contributed by atoms with Gasteiger partial charge in [-0.2, -0.15) is 8.78 Å². The molecule has 0 aliphatic heterocycles. The quantitative estimate of drug-likeness (QED) is 0.612. The molecule has 0 spiro atoms. The molecule has 1 aromatic rings. The third-order valence-electron chi connectivity index (χ3n) is 1.81. The van der Waals surface area contributed by atoms with Gasteiger partial charge in [0.05, 0.1) is 0 Å². The van der Waals surface area contributed by atoms with Crippen molar-refractivity contribution in [2.45, 2.75) is 19.8 Å². The first kappa shape index (κ1) is 9.90. The Balaban J connectivity index is 3.00. The predicted molar refractivity (Wildman–Crippen MR) is 49.9 cm³/mol. The molecular weight excluding hydrogens is 170 g/mol. The summed E-state index contributed by atoms with van der Waals surface area (Å²) in [6.07, 6.45) is 2.26. The van der Waals surface area contributed by atoms with Gasteiger partial charge in [0.15, 0.2) is 0 Å². The van der Waals surface area contributed by atoms with Crippen molar-refractivity contribution in [3.05, 3.63) is 47.5 Å². The van der Waals surface area contributed by atoms with Crippen molar-refractivity contribution in [3.63, 3.8) is 0 Å². The lowest BCUT2D eigenvalue weighted by Gasteiger charge is -2.11. The van der Waals surface area contributed by atoms with E-state index >= 15 is 0 Å². The molecule has 1 rings (SSSR count). The van der Waals surface area contributed by atoms with Crippen molar-refractivity contribution in [1.82, 2.24) is 0 Å². The highest BCUT2D eigenvalue weighted by Gasteiger charge is 2.26. The van der Waals surface area contributed by atoms with E-state index in [2.05, 4.69) is 0 Å². The summed E-state index contributed by atoms with van der Waals surface area (Å²) in [7, 11) is 0. The maximum Gasteiger partial charge on any atom is 0.291 e. The van der Waals surface area contributed by atoms with Crippen molar-refractivity contribution in [3.8, 4) is 0 Å². The zero-order valence-corrected chi connectivity index (χ0v) is 7.72. The van der Waals surface area contributed by atoms with E-state index in [-0.39, 0.29) is 5.56 Å². The van der Waals surface area contributed by atoms with Crippen LogP contribution in [-0.4, -0.2) is 0 Å². The Morgan fingerprint density at radius 1 is 1.15 bits per heavy atom. The van der Waals surface area contributed by atoms with Crippen LogP contribution in [0.3, 0.4) is 0 Å². The first-order chi connectivity index (χ1) is 6.06. The van der Waals surface area contributed by atoms with E-state index < -0.39 is 5.92 Å². The lowest BCUT2D eigenvalue weighted by atomic mass is 10.1. The summed E-state index contributed by atoms with van der Waals surface area (Å²) in [6, 6.07) is 6.28. The fourth-order valence-electron chi connectivity index (χ4n) is 1.08. The van der Waals surface area contributed by atoms with Crippen molar-refractivity contribution >= 4 is 0 Å². The minimum absolute atomic E-state index is 0.0381. The van der Waals surface area contributed by atoms with Gasteiger partial charge >= 0.3 is 0 Å². The smallest absolute Gasteiger partial charge is 0.197 e. The lowest BCUT2D eigenvalue weighted by molar-refractivity contribution is 0.0520. The third kappa shape index (κ3) is 2.38. The van der Waals surface area contributed by atoms with Crippen LogP contribution in [0.2, 0.25) is 0 Å². The van der Waals surface area contributed by atoms with Gasteiger partial charge in [0.1, 0.15) is 0 Å². The standard InChI is InChI=1S/C11H12F2/c1-3-8-11(12,13)10-6-4-9(2)5-7-10/h3-8H,1-2H3/b8-3+. The molecule has 0 aliphatic rings. The van der Waals surface area contributed by atoms with Crippen molar-refractivity contribution in [2.24, 2.45) is 0 Å².